The van der Waals surface area contributed by atoms with Crippen LogP contribution in [0.5, 0.6) is 0 Å². The number of imidazole rings is 1. The van der Waals surface area contributed by atoms with Gasteiger partial charge in [-0.3, -0.25) is 14.0 Å². The fourth-order valence-electron chi connectivity index (χ4n) is 2.73. The molecule has 0 atom stereocenters. The summed E-state index contributed by atoms with van der Waals surface area (Å²) in [5.74, 6) is -0.551. The van der Waals surface area contributed by atoms with Gasteiger partial charge in [-0.2, -0.15) is 0 Å². The second kappa shape index (κ2) is 8.22. The van der Waals surface area contributed by atoms with Crippen LogP contribution >= 0.6 is 11.6 Å². The summed E-state index contributed by atoms with van der Waals surface area (Å²) in [4.78, 5) is 29.6. The van der Waals surface area contributed by atoms with E-state index in [0.29, 0.717) is 22.8 Å². The third kappa shape index (κ3) is 4.11. The Bertz CT molecular complexity index is 997. The standard InChI is InChI=1S/C20H21ClN4O2/c1-3-4-10-22-19(26)17-16-7-5-6-11-25(16)18(24-17)20(27)23-15-12-14(21)9-8-13(15)2/h5-9,11-12H,3-4,10H2,1-2H3,(H,22,26)(H,23,27). The van der Waals surface area contributed by atoms with E-state index in [1.54, 1.807) is 34.9 Å². The number of hydrogen-bond acceptors (Lipinski definition) is 3. The van der Waals surface area contributed by atoms with Gasteiger partial charge < -0.3 is 10.6 Å². The molecule has 27 heavy (non-hydrogen) atoms. The molecule has 1 aromatic carbocycles. The molecule has 2 amide bonds. The van der Waals surface area contributed by atoms with Crippen molar-refractivity contribution >= 4 is 34.6 Å². The predicted octanol–water partition coefficient (Wildman–Crippen LogP) is 4.08. The lowest BCUT2D eigenvalue weighted by atomic mass is 10.2. The van der Waals surface area contributed by atoms with Gasteiger partial charge in [-0.25, -0.2) is 4.98 Å². The van der Waals surface area contributed by atoms with Crippen LogP contribution in [0.4, 0.5) is 5.69 Å². The zero-order valence-corrected chi connectivity index (χ0v) is 16.0. The molecule has 3 rings (SSSR count). The summed E-state index contributed by atoms with van der Waals surface area (Å²) < 4.78 is 1.62. The molecule has 0 aliphatic carbocycles. The maximum Gasteiger partial charge on any atom is 0.292 e. The van der Waals surface area contributed by atoms with Gasteiger partial charge in [0.1, 0.15) is 0 Å². The Morgan fingerprint density at radius 3 is 2.78 bits per heavy atom. The highest BCUT2D eigenvalue weighted by atomic mass is 35.5. The number of rotatable bonds is 6. The zero-order valence-electron chi connectivity index (χ0n) is 15.3. The molecule has 0 saturated heterocycles. The number of aromatic nitrogens is 2. The Labute approximate surface area is 162 Å². The number of anilines is 1. The van der Waals surface area contributed by atoms with Crippen molar-refractivity contribution in [3.8, 4) is 0 Å². The molecule has 0 unspecified atom stereocenters. The number of nitrogens with one attached hydrogen (secondary N) is 2. The molecule has 3 aromatic rings. The lowest BCUT2D eigenvalue weighted by Gasteiger charge is -2.08. The number of fused-ring (bicyclic) bond motifs is 1. The normalized spacial score (nSPS) is 10.8. The minimum atomic E-state index is -0.408. The van der Waals surface area contributed by atoms with Gasteiger partial charge >= 0.3 is 0 Å². The van der Waals surface area contributed by atoms with Crippen molar-refractivity contribution in [2.75, 3.05) is 11.9 Å². The van der Waals surface area contributed by atoms with E-state index in [9.17, 15) is 9.59 Å². The molecular weight excluding hydrogens is 364 g/mol. The molecule has 0 saturated carbocycles. The van der Waals surface area contributed by atoms with Crippen molar-refractivity contribution < 1.29 is 9.59 Å². The van der Waals surface area contributed by atoms with E-state index in [1.165, 1.54) is 0 Å². The van der Waals surface area contributed by atoms with Crippen molar-refractivity contribution in [3.05, 3.63) is 64.7 Å². The van der Waals surface area contributed by atoms with Gasteiger partial charge in [-0.05, 0) is 43.2 Å². The zero-order chi connectivity index (χ0) is 19.4. The molecule has 0 bridgehead atoms. The summed E-state index contributed by atoms with van der Waals surface area (Å²) in [6.45, 7) is 4.51. The van der Waals surface area contributed by atoms with Gasteiger partial charge in [-0.15, -0.1) is 0 Å². The average molecular weight is 385 g/mol. The SMILES string of the molecule is CCCCNC(=O)c1nc(C(=O)Nc2cc(Cl)ccc2C)n2ccccc12. The summed E-state index contributed by atoms with van der Waals surface area (Å²) in [5.41, 5.74) is 2.31. The second-order valence-corrected chi connectivity index (χ2v) is 6.70. The number of carbonyl (C=O) groups is 2. The number of aryl methyl sites for hydroxylation is 1. The number of unbranched alkanes of at least 4 members (excludes halogenated alkanes) is 1. The molecule has 140 valence electrons. The molecule has 7 heteroatoms. The van der Waals surface area contributed by atoms with Crippen molar-refractivity contribution in [2.24, 2.45) is 0 Å². The molecule has 2 aromatic heterocycles. The van der Waals surface area contributed by atoms with E-state index in [4.69, 9.17) is 11.6 Å². The first-order valence-electron chi connectivity index (χ1n) is 8.84. The summed E-state index contributed by atoms with van der Waals surface area (Å²) in [7, 11) is 0. The van der Waals surface area contributed by atoms with Crippen LogP contribution in [0.2, 0.25) is 5.02 Å². The summed E-state index contributed by atoms with van der Waals surface area (Å²) in [6.07, 6.45) is 3.58. The summed E-state index contributed by atoms with van der Waals surface area (Å²) in [6, 6.07) is 10.6. The van der Waals surface area contributed by atoms with Crippen LogP contribution in [0.15, 0.2) is 42.6 Å². The first-order chi connectivity index (χ1) is 13.0. The Kier molecular flexibility index (Phi) is 5.76. The van der Waals surface area contributed by atoms with Crippen molar-refractivity contribution in [1.82, 2.24) is 14.7 Å². The fraction of sp³-hybridized carbons (Fsp3) is 0.250. The number of amides is 2. The Morgan fingerprint density at radius 2 is 2.00 bits per heavy atom. The highest BCUT2D eigenvalue weighted by Gasteiger charge is 2.21. The van der Waals surface area contributed by atoms with Crippen LogP contribution in [0.1, 0.15) is 46.4 Å². The van der Waals surface area contributed by atoms with Gasteiger partial charge in [-0.1, -0.05) is 37.1 Å². The number of pyridine rings is 1. The van der Waals surface area contributed by atoms with E-state index < -0.39 is 5.91 Å². The minimum Gasteiger partial charge on any atom is -0.351 e. The van der Waals surface area contributed by atoms with E-state index in [-0.39, 0.29) is 17.4 Å². The van der Waals surface area contributed by atoms with Gasteiger partial charge in [0.2, 0.25) is 5.82 Å². The number of hydrogen-bond donors (Lipinski definition) is 2. The average Bonchev–Trinajstić information content (AvgIpc) is 3.05. The summed E-state index contributed by atoms with van der Waals surface area (Å²) >= 11 is 6.02. The summed E-state index contributed by atoms with van der Waals surface area (Å²) in [5, 5.41) is 6.20. The molecule has 0 radical (unpaired) electrons. The van der Waals surface area contributed by atoms with E-state index in [1.807, 2.05) is 19.1 Å². The van der Waals surface area contributed by atoms with Crippen LogP contribution in [0, 0.1) is 6.92 Å². The number of benzene rings is 1. The largest absolute Gasteiger partial charge is 0.351 e. The number of carbonyl (C=O) groups excluding carboxylic acids is 2. The molecular formula is C20H21ClN4O2. The highest BCUT2D eigenvalue weighted by molar-refractivity contribution is 6.31. The maximum absolute atomic E-state index is 12.8. The van der Waals surface area contributed by atoms with E-state index >= 15 is 0 Å². The van der Waals surface area contributed by atoms with Gasteiger partial charge in [0.05, 0.1) is 5.52 Å². The second-order valence-electron chi connectivity index (χ2n) is 6.26. The van der Waals surface area contributed by atoms with Crippen molar-refractivity contribution in [2.45, 2.75) is 26.7 Å². The Balaban J connectivity index is 1.93. The lowest BCUT2D eigenvalue weighted by molar-refractivity contribution is 0.0950. The smallest absolute Gasteiger partial charge is 0.292 e. The number of halogens is 1. The first kappa shape index (κ1) is 18.9. The van der Waals surface area contributed by atoms with E-state index in [0.717, 1.165) is 18.4 Å². The predicted molar refractivity (Wildman–Crippen MR) is 107 cm³/mol. The molecule has 2 N–H and O–H groups in total. The Morgan fingerprint density at radius 1 is 1.19 bits per heavy atom. The highest BCUT2D eigenvalue weighted by Crippen LogP contribution is 2.21. The van der Waals surface area contributed by atoms with Gasteiger partial charge in [0.25, 0.3) is 11.8 Å². The Hall–Kier alpha value is -2.86. The first-order valence-corrected chi connectivity index (χ1v) is 9.22. The third-order valence-electron chi connectivity index (χ3n) is 4.23. The topological polar surface area (TPSA) is 75.5 Å². The molecule has 6 nitrogen and oxygen atoms in total. The van der Waals surface area contributed by atoms with Crippen LogP contribution in [0.25, 0.3) is 5.52 Å². The van der Waals surface area contributed by atoms with Gasteiger partial charge in [0, 0.05) is 23.5 Å². The van der Waals surface area contributed by atoms with Crippen LogP contribution in [-0.2, 0) is 0 Å². The molecule has 0 spiro atoms. The van der Waals surface area contributed by atoms with Crippen LogP contribution in [0.3, 0.4) is 0 Å². The van der Waals surface area contributed by atoms with Gasteiger partial charge in [0.15, 0.2) is 5.69 Å². The lowest BCUT2D eigenvalue weighted by Crippen LogP contribution is -2.25. The number of nitrogens with zero attached hydrogens (tertiary/aromatic N) is 2. The van der Waals surface area contributed by atoms with E-state index in [2.05, 4.69) is 22.5 Å². The van der Waals surface area contributed by atoms with Crippen molar-refractivity contribution in [1.29, 1.82) is 0 Å². The molecule has 2 heterocycles. The van der Waals surface area contributed by atoms with Crippen molar-refractivity contribution in [3.63, 3.8) is 0 Å². The molecule has 0 aliphatic heterocycles. The fourth-order valence-corrected chi connectivity index (χ4v) is 2.91. The molecule has 0 aliphatic rings. The molecule has 0 fully saturated rings. The maximum atomic E-state index is 12.8. The minimum absolute atomic E-state index is 0.144. The quantitative estimate of drug-likeness (QED) is 0.629. The monoisotopic (exact) mass is 384 g/mol. The third-order valence-corrected chi connectivity index (χ3v) is 4.47. The van der Waals surface area contributed by atoms with Crippen LogP contribution < -0.4 is 10.6 Å². The van der Waals surface area contributed by atoms with Crippen LogP contribution in [-0.4, -0.2) is 27.7 Å².